The van der Waals surface area contributed by atoms with Crippen molar-refractivity contribution in [2.75, 3.05) is 30.3 Å². The Labute approximate surface area is 173 Å². The van der Waals surface area contributed by atoms with Gasteiger partial charge in [-0.2, -0.15) is 0 Å². The number of hydrogen-bond donors (Lipinski definition) is 1. The number of aryl methyl sites for hydroxylation is 2. The normalized spacial score (nSPS) is 11.1. The summed E-state index contributed by atoms with van der Waals surface area (Å²) in [4.78, 5) is 12.0. The molecule has 1 amide bonds. The molecule has 0 atom stereocenters. The van der Waals surface area contributed by atoms with Crippen molar-refractivity contribution in [1.29, 1.82) is 0 Å². The number of rotatable bonds is 11. The summed E-state index contributed by atoms with van der Waals surface area (Å²) in [6.07, 6.45) is 2.85. The second-order valence-corrected chi connectivity index (χ2v) is 8.88. The van der Waals surface area contributed by atoms with E-state index in [1.54, 1.807) is 12.1 Å². The van der Waals surface area contributed by atoms with Crippen molar-refractivity contribution in [2.24, 2.45) is 0 Å². The number of carbonyl (C=O) groups is 1. The Balaban J connectivity index is 1.72. The number of nitrogens with zero attached hydrogens (tertiary/aromatic N) is 1. The Morgan fingerprint density at radius 2 is 1.72 bits per heavy atom. The van der Waals surface area contributed by atoms with Gasteiger partial charge in [-0.25, -0.2) is 8.42 Å². The van der Waals surface area contributed by atoms with E-state index in [1.165, 1.54) is 16.1 Å². The maximum Gasteiger partial charge on any atom is 0.232 e. The molecular formula is C22H30N2O4S. The average Bonchev–Trinajstić information content (AvgIpc) is 2.69. The predicted molar refractivity (Wildman–Crippen MR) is 117 cm³/mol. The number of ether oxygens (including phenoxy) is 1. The molecule has 0 aliphatic heterocycles. The standard InChI is InChI=1S/C22H30N2O4S/c1-4-19-9-13-21(14-10-19)28-17-15-23-22(25)6-5-16-24(29(3,26)27)20-11-7-18(2)8-12-20/h7-14H,4-6,15-17H2,1-3H3,(H,23,25). The third-order valence-corrected chi connectivity index (χ3v) is 5.71. The van der Waals surface area contributed by atoms with E-state index in [1.807, 2.05) is 43.3 Å². The van der Waals surface area contributed by atoms with E-state index < -0.39 is 10.0 Å². The molecule has 0 spiro atoms. The topological polar surface area (TPSA) is 75.7 Å². The number of anilines is 1. The van der Waals surface area contributed by atoms with Crippen molar-refractivity contribution in [3.8, 4) is 5.75 Å². The first-order valence-corrected chi connectivity index (χ1v) is 11.7. The maximum absolute atomic E-state index is 12.1. The second kappa shape index (κ2) is 10.9. The van der Waals surface area contributed by atoms with Gasteiger partial charge in [0.25, 0.3) is 0 Å². The summed E-state index contributed by atoms with van der Waals surface area (Å²) in [5.41, 5.74) is 2.92. The maximum atomic E-state index is 12.1. The predicted octanol–water partition coefficient (Wildman–Crippen LogP) is 3.30. The van der Waals surface area contributed by atoms with Crippen LogP contribution in [0.3, 0.4) is 0 Å². The van der Waals surface area contributed by atoms with Crippen LogP contribution in [0.15, 0.2) is 48.5 Å². The summed E-state index contributed by atoms with van der Waals surface area (Å²) in [5.74, 6) is 0.658. The summed E-state index contributed by atoms with van der Waals surface area (Å²) in [7, 11) is -3.40. The Morgan fingerprint density at radius 1 is 1.07 bits per heavy atom. The lowest BCUT2D eigenvalue weighted by atomic mass is 10.2. The quantitative estimate of drug-likeness (QED) is 0.568. The molecular weight excluding hydrogens is 388 g/mol. The summed E-state index contributed by atoms with van der Waals surface area (Å²) in [5, 5.41) is 2.80. The summed E-state index contributed by atoms with van der Waals surface area (Å²) in [6, 6.07) is 15.2. The van der Waals surface area contributed by atoms with Crippen LogP contribution in [0.4, 0.5) is 5.69 Å². The lowest BCUT2D eigenvalue weighted by molar-refractivity contribution is -0.121. The van der Waals surface area contributed by atoms with Gasteiger partial charge in [0.1, 0.15) is 12.4 Å². The first kappa shape index (κ1) is 22.7. The highest BCUT2D eigenvalue weighted by molar-refractivity contribution is 7.92. The highest BCUT2D eigenvalue weighted by atomic mass is 32.2. The fourth-order valence-electron chi connectivity index (χ4n) is 2.85. The molecule has 0 aliphatic carbocycles. The smallest absolute Gasteiger partial charge is 0.232 e. The molecule has 2 rings (SSSR count). The Kier molecular flexibility index (Phi) is 8.51. The van der Waals surface area contributed by atoms with Gasteiger partial charge in [-0.05, 0) is 49.6 Å². The Morgan fingerprint density at radius 3 is 2.31 bits per heavy atom. The molecule has 2 aromatic carbocycles. The number of sulfonamides is 1. The second-order valence-electron chi connectivity index (χ2n) is 6.97. The van der Waals surface area contributed by atoms with Gasteiger partial charge in [0, 0.05) is 13.0 Å². The van der Waals surface area contributed by atoms with Gasteiger partial charge in [-0.1, -0.05) is 36.8 Å². The number of carbonyl (C=O) groups excluding carboxylic acids is 1. The third-order valence-electron chi connectivity index (χ3n) is 4.51. The van der Waals surface area contributed by atoms with Gasteiger partial charge >= 0.3 is 0 Å². The van der Waals surface area contributed by atoms with Crippen LogP contribution in [0.1, 0.15) is 30.9 Å². The van der Waals surface area contributed by atoms with Gasteiger partial charge in [-0.15, -0.1) is 0 Å². The minimum Gasteiger partial charge on any atom is -0.492 e. The molecule has 0 unspecified atom stereocenters. The van der Waals surface area contributed by atoms with Crippen molar-refractivity contribution in [2.45, 2.75) is 33.1 Å². The molecule has 0 bridgehead atoms. The zero-order valence-electron chi connectivity index (χ0n) is 17.3. The van der Waals surface area contributed by atoms with E-state index in [9.17, 15) is 13.2 Å². The molecule has 0 aromatic heterocycles. The molecule has 1 N–H and O–H groups in total. The molecule has 0 saturated carbocycles. The van der Waals surface area contributed by atoms with E-state index in [0.29, 0.717) is 25.3 Å². The summed E-state index contributed by atoms with van der Waals surface area (Å²) >= 11 is 0. The van der Waals surface area contributed by atoms with Crippen LogP contribution in [0.2, 0.25) is 0 Å². The molecule has 2 aromatic rings. The highest BCUT2D eigenvalue weighted by Gasteiger charge is 2.17. The van der Waals surface area contributed by atoms with Gasteiger partial charge in [0.15, 0.2) is 0 Å². The minimum atomic E-state index is -3.40. The van der Waals surface area contributed by atoms with Crippen LogP contribution in [0.5, 0.6) is 5.75 Å². The molecule has 0 fully saturated rings. The third kappa shape index (κ3) is 7.77. The number of hydrogen-bond acceptors (Lipinski definition) is 4. The van der Waals surface area contributed by atoms with Crippen molar-refractivity contribution < 1.29 is 17.9 Å². The first-order chi connectivity index (χ1) is 13.8. The van der Waals surface area contributed by atoms with Crippen LogP contribution in [0.25, 0.3) is 0 Å². The fraction of sp³-hybridized carbons (Fsp3) is 0.409. The molecule has 158 valence electrons. The van der Waals surface area contributed by atoms with Crippen molar-refractivity contribution in [3.05, 3.63) is 59.7 Å². The molecule has 0 heterocycles. The first-order valence-electron chi connectivity index (χ1n) is 9.82. The van der Waals surface area contributed by atoms with E-state index in [4.69, 9.17) is 4.74 Å². The van der Waals surface area contributed by atoms with E-state index in [-0.39, 0.29) is 18.9 Å². The number of benzene rings is 2. The fourth-order valence-corrected chi connectivity index (χ4v) is 3.82. The van der Waals surface area contributed by atoms with E-state index in [0.717, 1.165) is 17.7 Å². The monoisotopic (exact) mass is 418 g/mol. The number of amides is 1. The van der Waals surface area contributed by atoms with E-state index in [2.05, 4.69) is 12.2 Å². The zero-order valence-corrected chi connectivity index (χ0v) is 18.2. The largest absolute Gasteiger partial charge is 0.492 e. The van der Waals surface area contributed by atoms with Crippen LogP contribution in [0, 0.1) is 6.92 Å². The van der Waals surface area contributed by atoms with Crippen molar-refractivity contribution >= 4 is 21.6 Å². The molecule has 7 heteroatoms. The summed E-state index contributed by atoms with van der Waals surface area (Å²) in [6.45, 7) is 5.10. The lowest BCUT2D eigenvalue weighted by Gasteiger charge is -2.22. The minimum absolute atomic E-state index is 0.118. The Hall–Kier alpha value is -2.54. The number of nitrogens with one attached hydrogen (secondary N) is 1. The van der Waals surface area contributed by atoms with Gasteiger partial charge in [0.05, 0.1) is 18.5 Å². The molecule has 0 radical (unpaired) electrons. The molecule has 6 nitrogen and oxygen atoms in total. The van der Waals surface area contributed by atoms with Crippen LogP contribution < -0.4 is 14.4 Å². The van der Waals surface area contributed by atoms with Crippen LogP contribution in [-0.4, -0.2) is 40.3 Å². The molecule has 0 saturated heterocycles. The van der Waals surface area contributed by atoms with Crippen LogP contribution >= 0.6 is 0 Å². The summed E-state index contributed by atoms with van der Waals surface area (Å²) < 4.78 is 31.1. The van der Waals surface area contributed by atoms with E-state index >= 15 is 0 Å². The average molecular weight is 419 g/mol. The molecule has 0 aliphatic rings. The molecule has 29 heavy (non-hydrogen) atoms. The highest BCUT2D eigenvalue weighted by Crippen LogP contribution is 2.19. The SMILES string of the molecule is CCc1ccc(OCCNC(=O)CCCN(c2ccc(C)cc2)S(C)(=O)=O)cc1. The van der Waals surface area contributed by atoms with Crippen molar-refractivity contribution in [1.82, 2.24) is 5.32 Å². The van der Waals surface area contributed by atoms with Gasteiger partial charge in [0.2, 0.25) is 15.9 Å². The van der Waals surface area contributed by atoms with Crippen molar-refractivity contribution in [3.63, 3.8) is 0 Å². The van der Waals surface area contributed by atoms with Gasteiger partial charge in [-0.3, -0.25) is 9.10 Å². The zero-order chi connectivity index (χ0) is 21.3. The lowest BCUT2D eigenvalue weighted by Crippen LogP contribution is -2.32. The van der Waals surface area contributed by atoms with Gasteiger partial charge < -0.3 is 10.1 Å². The Bertz CT molecular complexity index is 878. The van der Waals surface area contributed by atoms with Crippen LogP contribution in [-0.2, 0) is 21.2 Å².